The van der Waals surface area contributed by atoms with E-state index in [2.05, 4.69) is 56.2 Å². The number of nitrogens with zero attached hydrogens (tertiary/aromatic N) is 6. The van der Waals surface area contributed by atoms with Crippen LogP contribution >= 0.6 is 0 Å². The lowest BCUT2D eigenvalue weighted by Crippen LogP contribution is -1.90. The molecule has 0 fully saturated rings. The van der Waals surface area contributed by atoms with Crippen molar-refractivity contribution in [3.8, 4) is 50.8 Å². The fraction of sp³-hybridized carbons (Fsp3) is 0. The van der Waals surface area contributed by atoms with Crippen LogP contribution in [-0.4, -0.2) is 19.9 Å². The Bertz CT molecular complexity index is 2500. The van der Waals surface area contributed by atoms with Crippen molar-refractivity contribution in [1.29, 1.82) is 5.26 Å². The van der Waals surface area contributed by atoms with Crippen molar-refractivity contribution >= 4 is 38.4 Å². The first-order valence-electron chi connectivity index (χ1n) is 14.2. The molecule has 0 N–H and O–H groups in total. The monoisotopic (exact) mass is 576 g/mol. The molecule has 0 aliphatic heterocycles. The number of fused-ring (bicyclic) bond motifs is 5. The zero-order chi connectivity index (χ0) is 30.3. The molecule has 7 heteroatoms. The van der Waals surface area contributed by atoms with Crippen molar-refractivity contribution in [2.24, 2.45) is 0 Å². The molecule has 0 saturated heterocycles. The van der Waals surface area contributed by atoms with Crippen LogP contribution in [0.4, 0.5) is 5.69 Å². The predicted octanol–water partition coefficient (Wildman–Crippen LogP) is 9.41. The van der Waals surface area contributed by atoms with Crippen LogP contribution < -0.4 is 0 Å². The second-order valence-corrected chi connectivity index (χ2v) is 10.6. The number of nitriles is 1. The van der Waals surface area contributed by atoms with Gasteiger partial charge in [-0.1, -0.05) is 42.5 Å². The molecule has 8 aromatic rings. The maximum absolute atomic E-state index is 9.51. The second-order valence-electron chi connectivity index (χ2n) is 10.6. The normalized spacial score (nSPS) is 11.1. The number of benzene rings is 3. The van der Waals surface area contributed by atoms with E-state index < -0.39 is 0 Å². The van der Waals surface area contributed by atoms with Crippen LogP contribution in [0.1, 0.15) is 5.56 Å². The van der Waals surface area contributed by atoms with Gasteiger partial charge in [0.25, 0.3) is 0 Å². The third-order valence-corrected chi connectivity index (χ3v) is 8.06. The minimum atomic E-state index is 0.522. The van der Waals surface area contributed by atoms with Crippen molar-refractivity contribution in [3.05, 3.63) is 139 Å². The smallest absolute Gasteiger partial charge is 0.199 e. The zero-order valence-corrected chi connectivity index (χ0v) is 23.6. The van der Waals surface area contributed by atoms with Gasteiger partial charge in [-0.15, -0.1) is 0 Å². The van der Waals surface area contributed by atoms with E-state index in [0.717, 1.165) is 55.0 Å². The molecule has 7 nitrogen and oxygen atoms in total. The van der Waals surface area contributed by atoms with Crippen LogP contribution in [0, 0.1) is 17.9 Å². The van der Waals surface area contributed by atoms with Gasteiger partial charge in [0.05, 0.1) is 29.6 Å². The summed E-state index contributed by atoms with van der Waals surface area (Å²) < 4.78 is 6.50. The Balaban J connectivity index is 1.21. The number of rotatable bonds is 4. The van der Waals surface area contributed by atoms with Gasteiger partial charge in [-0.05, 0) is 64.4 Å². The number of hydrogen-bond donors (Lipinski definition) is 0. The molecule has 45 heavy (non-hydrogen) atoms. The largest absolute Gasteiger partial charge is 0.456 e. The van der Waals surface area contributed by atoms with E-state index in [1.807, 2.05) is 54.9 Å². The number of pyridine rings is 4. The van der Waals surface area contributed by atoms with E-state index >= 15 is 0 Å². The number of hydrogen-bond acceptors (Lipinski definition) is 6. The highest BCUT2D eigenvalue weighted by atomic mass is 16.3. The van der Waals surface area contributed by atoms with Crippen LogP contribution in [-0.2, 0) is 0 Å². The van der Waals surface area contributed by atoms with Crippen molar-refractivity contribution in [2.45, 2.75) is 0 Å². The molecular formula is C38H20N6O. The van der Waals surface area contributed by atoms with E-state index in [0.29, 0.717) is 33.8 Å². The molecule has 3 aromatic carbocycles. The van der Waals surface area contributed by atoms with Gasteiger partial charge in [-0.25, -0.2) is 4.85 Å². The Morgan fingerprint density at radius 3 is 2.09 bits per heavy atom. The Morgan fingerprint density at radius 1 is 0.622 bits per heavy atom. The van der Waals surface area contributed by atoms with Crippen molar-refractivity contribution < 1.29 is 4.42 Å². The summed E-state index contributed by atoms with van der Waals surface area (Å²) >= 11 is 0. The van der Waals surface area contributed by atoms with Crippen LogP contribution in [0.2, 0.25) is 0 Å². The molecule has 0 atom stereocenters. The molecule has 0 spiro atoms. The van der Waals surface area contributed by atoms with E-state index in [1.165, 1.54) is 0 Å². The van der Waals surface area contributed by atoms with E-state index in [1.54, 1.807) is 36.9 Å². The quantitative estimate of drug-likeness (QED) is 0.194. The summed E-state index contributed by atoms with van der Waals surface area (Å²) in [6, 6.07) is 30.1. The number of furan rings is 1. The molecule has 0 aliphatic rings. The summed E-state index contributed by atoms with van der Waals surface area (Å²) in [6.45, 7) is 7.44. The molecule has 0 amide bonds. The van der Waals surface area contributed by atoms with Gasteiger partial charge in [0.1, 0.15) is 11.2 Å². The molecule has 0 bridgehead atoms. The van der Waals surface area contributed by atoms with Crippen LogP contribution in [0.15, 0.2) is 127 Å². The highest BCUT2D eigenvalue weighted by Crippen LogP contribution is 2.41. The van der Waals surface area contributed by atoms with E-state index in [-0.39, 0.29) is 0 Å². The third-order valence-electron chi connectivity index (χ3n) is 8.06. The van der Waals surface area contributed by atoms with Gasteiger partial charge < -0.3 is 4.42 Å². The standard InChI is InChI=1S/C38H20N6O/c1-40-33-13-15-42-22-32(33)35-10-7-25(19-43-35)23-6-9-29-36(16-23)45-37-17-30(27-4-2-3-5-28(27)38(29)37)26-8-11-34(44-20-26)31-21-41-14-12-24(31)18-39/h2-17,19-22H. The first-order valence-corrected chi connectivity index (χ1v) is 14.2. The molecule has 0 radical (unpaired) electrons. The van der Waals surface area contributed by atoms with Crippen molar-refractivity contribution in [1.82, 2.24) is 19.9 Å². The lowest BCUT2D eigenvalue weighted by atomic mass is 9.95. The highest BCUT2D eigenvalue weighted by Gasteiger charge is 2.17. The van der Waals surface area contributed by atoms with Crippen LogP contribution in [0.3, 0.4) is 0 Å². The Morgan fingerprint density at radius 2 is 1.33 bits per heavy atom. The van der Waals surface area contributed by atoms with Gasteiger partial charge in [-0.2, -0.15) is 5.26 Å². The fourth-order valence-electron chi connectivity index (χ4n) is 5.87. The summed E-state index contributed by atoms with van der Waals surface area (Å²) in [7, 11) is 0. The molecule has 0 aliphatic carbocycles. The Hall–Kier alpha value is -6.70. The Kier molecular flexibility index (Phi) is 6.08. The first kappa shape index (κ1) is 26.0. The molecule has 5 heterocycles. The maximum atomic E-state index is 9.51. The van der Waals surface area contributed by atoms with E-state index in [9.17, 15) is 5.26 Å². The van der Waals surface area contributed by atoms with Crippen LogP contribution in [0.25, 0.3) is 82.3 Å². The average molecular weight is 577 g/mol. The minimum absolute atomic E-state index is 0.522. The van der Waals surface area contributed by atoms with Crippen LogP contribution in [0.5, 0.6) is 0 Å². The Labute approximate surface area is 257 Å². The van der Waals surface area contributed by atoms with Crippen molar-refractivity contribution in [3.63, 3.8) is 0 Å². The van der Waals surface area contributed by atoms with Crippen molar-refractivity contribution in [2.75, 3.05) is 0 Å². The summed E-state index contributed by atoms with van der Waals surface area (Å²) in [5.41, 5.74) is 9.32. The molecule has 0 saturated carbocycles. The van der Waals surface area contributed by atoms with Gasteiger partial charge in [0.15, 0.2) is 5.69 Å². The fourth-order valence-corrected chi connectivity index (χ4v) is 5.87. The molecule has 208 valence electrons. The molecule has 0 unspecified atom stereocenters. The second kappa shape index (κ2) is 10.5. The topological polar surface area (TPSA) is 92.8 Å². The highest BCUT2D eigenvalue weighted by molar-refractivity contribution is 6.22. The van der Waals surface area contributed by atoms with Gasteiger partial charge in [0.2, 0.25) is 0 Å². The summed E-state index contributed by atoms with van der Waals surface area (Å²) in [5, 5.41) is 13.8. The lowest BCUT2D eigenvalue weighted by molar-refractivity contribution is 0.669. The van der Waals surface area contributed by atoms with Gasteiger partial charge in [0, 0.05) is 70.2 Å². The van der Waals surface area contributed by atoms with E-state index in [4.69, 9.17) is 16.0 Å². The minimum Gasteiger partial charge on any atom is -0.456 e. The number of aromatic nitrogens is 4. The SMILES string of the molecule is [C-]#[N+]c1ccncc1-c1ccc(-c2ccc3c(c2)oc2cc(-c4ccc(-c5cnccc5C#N)nc4)c4ccccc4c23)cn1. The molecular weight excluding hydrogens is 556 g/mol. The average Bonchev–Trinajstić information content (AvgIpc) is 3.49. The summed E-state index contributed by atoms with van der Waals surface area (Å²) in [5.74, 6) is 0. The van der Waals surface area contributed by atoms with Gasteiger partial charge in [-0.3, -0.25) is 19.9 Å². The molecule has 8 rings (SSSR count). The summed E-state index contributed by atoms with van der Waals surface area (Å²) in [4.78, 5) is 21.3. The lowest BCUT2D eigenvalue weighted by Gasteiger charge is -2.09. The van der Waals surface area contributed by atoms with Gasteiger partial charge >= 0.3 is 0 Å². The zero-order valence-electron chi connectivity index (χ0n) is 23.6. The third kappa shape index (κ3) is 4.36. The summed E-state index contributed by atoms with van der Waals surface area (Å²) in [6.07, 6.45) is 10.2. The maximum Gasteiger partial charge on any atom is 0.199 e. The molecule has 5 aromatic heterocycles. The first-order chi connectivity index (χ1) is 22.2. The predicted molar refractivity (Wildman–Crippen MR) is 175 cm³/mol.